The Morgan fingerprint density at radius 3 is 2.35 bits per heavy atom. The minimum Gasteiger partial charge on any atom is -0.248 e. The maximum absolute atomic E-state index is 4.86. The van der Waals surface area contributed by atoms with Crippen LogP contribution in [-0.2, 0) is 0 Å². The number of benzene rings is 2. The summed E-state index contributed by atoms with van der Waals surface area (Å²) >= 11 is 0. The van der Waals surface area contributed by atoms with Crippen LogP contribution in [0.1, 0.15) is 17.5 Å². The highest BCUT2D eigenvalue weighted by atomic mass is 14.7. The van der Waals surface area contributed by atoms with Gasteiger partial charge in [-0.2, -0.15) is 0 Å². The lowest BCUT2D eigenvalue weighted by molar-refractivity contribution is 1.34. The van der Waals surface area contributed by atoms with E-state index in [-0.39, 0.29) is 0 Å². The lowest BCUT2D eigenvalue weighted by Gasteiger charge is -2.08. The van der Waals surface area contributed by atoms with Crippen LogP contribution in [0.2, 0.25) is 0 Å². The summed E-state index contributed by atoms with van der Waals surface area (Å²) < 4.78 is 0. The molecule has 0 unspecified atom stereocenters. The van der Waals surface area contributed by atoms with E-state index in [2.05, 4.69) is 73.7 Å². The predicted molar refractivity (Wildman–Crippen MR) is 85.7 cm³/mol. The van der Waals surface area contributed by atoms with Crippen LogP contribution in [-0.4, -0.2) is 5.71 Å². The molecule has 0 bridgehead atoms. The molecule has 2 aromatic rings. The van der Waals surface area contributed by atoms with Crippen molar-refractivity contribution in [3.8, 4) is 0 Å². The lowest BCUT2D eigenvalue weighted by Crippen LogP contribution is -2.03. The molecule has 3 rings (SSSR count). The molecule has 2 aromatic carbocycles. The van der Waals surface area contributed by atoms with Crippen LogP contribution < -0.4 is 0 Å². The van der Waals surface area contributed by atoms with E-state index < -0.39 is 0 Å². The number of hydrogen-bond donors (Lipinski definition) is 0. The van der Waals surface area contributed by atoms with Crippen molar-refractivity contribution >= 4 is 11.4 Å². The van der Waals surface area contributed by atoms with E-state index in [0.717, 1.165) is 17.8 Å². The van der Waals surface area contributed by atoms with Gasteiger partial charge >= 0.3 is 0 Å². The predicted octanol–water partition coefficient (Wildman–Crippen LogP) is 5.00. The van der Waals surface area contributed by atoms with E-state index in [0.29, 0.717) is 0 Å². The zero-order valence-electron chi connectivity index (χ0n) is 11.6. The fourth-order valence-electron chi connectivity index (χ4n) is 2.29. The van der Waals surface area contributed by atoms with Crippen LogP contribution in [0.15, 0.2) is 83.4 Å². The highest BCUT2D eigenvalue weighted by Crippen LogP contribution is 2.22. The van der Waals surface area contributed by atoms with Gasteiger partial charge in [0.25, 0.3) is 0 Å². The van der Waals surface area contributed by atoms with Crippen molar-refractivity contribution < 1.29 is 0 Å². The Labute approximate surface area is 120 Å². The zero-order valence-corrected chi connectivity index (χ0v) is 11.6. The van der Waals surface area contributed by atoms with Gasteiger partial charge in [-0.05, 0) is 31.1 Å². The summed E-state index contributed by atoms with van der Waals surface area (Å²) in [5.41, 5.74) is 5.77. The highest BCUT2D eigenvalue weighted by Gasteiger charge is 2.10. The molecule has 1 aliphatic carbocycles. The molecule has 98 valence electrons. The number of rotatable bonds is 3. The molecule has 1 nitrogen and oxygen atoms in total. The van der Waals surface area contributed by atoms with Gasteiger partial charge in [-0.15, -0.1) is 0 Å². The summed E-state index contributed by atoms with van der Waals surface area (Å²) in [5, 5.41) is 0. The van der Waals surface area contributed by atoms with Gasteiger partial charge in [-0.3, -0.25) is 0 Å². The number of allylic oxidation sites excluding steroid dienone is 4. The summed E-state index contributed by atoms with van der Waals surface area (Å²) in [6.45, 7) is 2.09. The number of nitrogens with zero attached hydrogens (tertiary/aromatic N) is 1. The third-order valence-corrected chi connectivity index (χ3v) is 3.40. The van der Waals surface area contributed by atoms with Crippen molar-refractivity contribution in [1.29, 1.82) is 0 Å². The Morgan fingerprint density at radius 2 is 1.70 bits per heavy atom. The van der Waals surface area contributed by atoms with Crippen molar-refractivity contribution in [2.45, 2.75) is 13.3 Å². The fourth-order valence-corrected chi connectivity index (χ4v) is 2.29. The van der Waals surface area contributed by atoms with Crippen LogP contribution in [0.5, 0.6) is 0 Å². The molecule has 0 amide bonds. The monoisotopic (exact) mass is 259 g/mol. The molecule has 1 aliphatic rings. The van der Waals surface area contributed by atoms with Crippen molar-refractivity contribution in [1.82, 2.24) is 0 Å². The van der Waals surface area contributed by atoms with E-state index in [9.17, 15) is 0 Å². The number of aryl methyl sites for hydroxylation is 1. The molecule has 1 heteroatoms. The molecule has 0 atom stereocenters. The molecule has 0 saturated carbocycles. The Hall–Kier alpha value is -2.41. The van der Waals surface area contributed by atoms with Crippen molar-refractivity contribution in [3.05, 3.63) is 89.5 Å². The molecule has 0 radical (unpaired) electrons. The fraction of sp³-hybridized carbons (Fsp3) is 0.105. The highest BCUT2D eigenvalue weighted by molar-refractivity contribution is 6.14. The Balaban J connectivity index is 2.03. The normalized spacial score (nSPS) is 14.4. The summed E-state index contributed by atoms with van der Waals surface area (Å²) in [6, 6.07) is 18.7. The second-order valence-electron chi connectivity index (χ2n) is 4.99. The summed E-state index contributed by atoms with van der Waals surface area (Å²) in [6.07, 6.45) is 7.38. The second kappa shape index (κ2) is 5.70. The Kier molecular flexibility index (Phi) is 3.60. The number of aliphatic imine (C=N–C) groups is 1. The molecular formula is C19H17N. The molecular weight excluding hydrogens is 242 g/mol. The topological polar surface area (TPSA) is 12.4 Å². The molecule has 0 fully saturated rings. The third-order valence-electron chi connectivity index (χ3n) is 3.40. The van der Waals surface area contributed by atoms with Gasteiger partial charge in [0.05, 0.1) is 11.4 Å². The molecule has 0 aliphatic heterocycles. The second-order valence-corrected chi connectivity index (χ2v) is 4.99. The van der Waals surface area contributed by atoms with E-state index in [1.807, 2.05) is 6.07 Å². The standard InChI is InChI=1S/C19H17N/c1-15-11-13-18(14-12-15)20-19(17-9-5-6-10-17)16-7-3-2-4-8-16/h2-9,11-14H,10H2,1H3. The quantitative estimate of drug-likeness (QED) is 0.688. The first-order chi connectivity index (χ1) is 9.83. The van der Waals surface area contributed by atoms with E-state index in [1.165, 1.54) is 16.7 Å². The molecule has 0 spiro atoms. The minimum absolute atomic E-state index is 0.958. The van der Waals surface area contributed by atoms with Gasteiger partial charge in [-0.25, -0.2) is 4.99 Å². The maximum atomic E-state index is 4.86. The number of hydrogen-bond acceptors (Lipinski definition) is 1. The molecule has 0 saturated heterocycles. The first-order valence-corrected chi connectivity index (χ1v) is 6.90. The average molecular weight is 259 g/mol. The van der Waals surface area contributed by atoms with Gasteiger partial charge in [-0.1, -0.05) is 66.3 Å². The Bertz CT molecular complexity index is 673. The largest absolute Gasteiger partial charge is 0.248 e. The first-order valence-electron chi connectivity index (χ1n) is 6.90. The van der Waals surface area contributed by atoms with Gasteiger partial charge in [0.2, 0.25) is 0 Å². The van der Waals surface area contributed by atoms with Crippen LogP contribution in [0, 0.1) is 6.92 Å². The summed E-state index contributed by atoms with van der Waals surface area (Å²) in [7, 11) is 0. The first kappa shape index (κ1) is 12.6. The van der Waals surface area contributed by atoms with E-state index >= 15 is 0 Å². The van der Waals surface area contributed by atoms with E-state index in [4.69, 9.17) is 4.99 Å². The molecule has 20 heavy (non-hydrogen) atoms. The van der Waals surface area contributed by atoms with Crippen molar-refractivity contribution in [3.63, 3.8) is 0 Å². The van der Waals surface area contributed by atoms with Gasteiger partial charge in [0.1, 0.15) is 0 Å². The minimum atomic E-state index is 0.958. The van der Waals surface area contributed by atoms with Gasteiger partial charge < -0.3 is 0 Å². The molecule has 0 heterocycles. The molecule has 0 N–H and O–H groups in total. The van der Waals surface area contributed by atoms with Crippen LogP contribution >= 0.6 is 0 Å². The van der Waals surface area contributed by atoms with Crippen LogP contribution in [0.25, 0.3) is 0 Å². The SMILES string of the molecule is Cc1ccc(N=C(C2=CC=CC2)c2ccccc2)cc1. The van der Waals surface area contributed by atoms with Gasteiger partial charge in [0.15, 0.2) is 0 Å². The third kappa shape index (κ3) is 2.77. The molecule has 0 aromatic heterocycles. The average Bonchev–Trinajstić information content (AvgIpc) is 3.01. The van der Waals surface area contributed by atoms with Crippen molar-refractivity contribution in [2.75, 3.05) is 0 Å². The Morgan fingerprint density at radius 1 is 0.950 bits per heavy atom. The van der Waals surface area contributed by atoms with Crippen LogP contribution in [0.4, 0.5) is 5.69 Å². The van der Waals surface area contributed by atoms with Crippen LogP contribution in [0.3, 0.4) is 0 Å². The summed E-state index contributed by atoms with van der Waals surface area (Å²) in [5.74, 6) is 0. The lowest BCUT2D eigenvalue weighted by atomic mass is 10.0. The summed E-state index contributed by atoms with van der Waals surface area (Å²) in [4.78, 5) is 4.86. The van der Waals surface area contributed by atoms with Gasteiger partial charge in [0, 0.05) is 5.56 Å². The van der Waals surface area contributed by atoms with E-state index in [1.54, 1.807) is 0 Å². The van der Waals surface area contributed by atoms with Crippen molar-refractivity contribution in [2.24, 2.45) is 4.99 Å². The smallest absolute Gasteiger partial charge is 0.0744 e. The zero-order chi connectivity index (χ0) is 13.8. The maximum Gasteiger partial charge on any atom is 0.0744 e.